The molecular weight excluding hydrogens is 376 g/mol. The molecule has 0 saturated heterocycles. The van der Waals surface area contributed by atoms with Gasteiger partial charge in [-0.2, -0.15) is 4.98 Å². The van der Waals surface area contributed by atoms with E-state index in [1.165, 1.54) is 22.4 Å². The smallest absolute Gasteiger partial charge is 0.296 e. The van der Waals surface area contributed by atoms with Gasteiger partial charge in [-0.25, -0.2) is 4.79 Å². The number of hydrogen-bond acceptors (Lipinski definition) is 3. The number of fused-ring (bicyclic) bond motifs is 1. The molecule has 0 fully saturated rings. The van der Waals surface area contributed by atoms with Crippen molar-refractivity contribution in [2.24, 2.45) is 0 Å². The molecule has 0 amide bonds. The fraction of sp³-hybridized carbons (Fsp3) is 0.273. The van der Waals surface area contributed by atoms with Crippen LogP contribution in [0.5, 0.6) is 0 Å². The topological polar surface area (TPSA) is 34.9 Å². The van der Waals surface area contributed by atoms with Crippen LogP contribution in [0.15, 0.2) is 64.4 Å². The number of aryl methyl sites for hydroxylation is 1. The number of halogens is 1. The van der Waals surface area contributed by atoms with Gasteiger partial charge in [0.2, 0.25) is 0 Å². The maximum absolute atomic E-state index is 12.7. The zero-order valence-electron chi connectivity index (χ0n) is 15.0. The van der Waals surface area contributed by atoms with Gasteiger partial charge >= 0.3 is 5.69 Å². The predicted octanol–water partition coefficient (Wildman–Crippen LogP) is 4.92. The summed E-state index contributed by atoms with van der Waals surface area (Å²) in [5.74, 6) is 0.796. The van der Waals surface area contributed by atoms with E-state index in [1.54, 1.807) is 11.8 Å². The Morgan fingerprint density at radius 2 is 1.78 bits per heavy atom. The van der Waals surface area contributed by atoms with Crippen molar-refractivity contribution in [3.8, 4) is 0 Å². The van der Waals surface area contributed by atoms with Crippen LogP contribution in [-0.4, -0.2) is 9.55 Å². The molecule has 1 aliphatic rings. The van der Waals surface area contributed by atoms with Crippen LogP contribution in [0.4, 0.5) is 0 Å². The van der Waals surface area contributed by atoms with Crippen LogP contribution in [0.3, 0.4) is 0 Å². The second-order valence-electron chi connectivity index (χ2n) is 6.78. The lowest BCUT2D eigenvalue weighted by molar-refractivity contribution is 0.607. The normalized spacial score (nSPS) is 12.9. The van der Waals surface area contributed by atoms with Crippen LogP contribution in [-0.2, 0) is 31.6 Å². The summed E-state index contributed by atoms with van der Waals surface area (Å²) < 4.78 is 1.89. The SMILES string of the molecule is O=c1nc(SCc2ccc(Cl)cc2)c2c(n1CCc1ccccc1)CCC2. The van der Waals surface area contributed by atoms with Crippen molar-refractivity contribution < 1.29 is 0 Å². The van der Waals surface area contributed by atoms with Gasteiger partial charge in [-0.05, 0) is 48.9 Å². The summed E-state index contributed by atoms with van der Waals surface area (Å²) in [5, 5.41) is 1.64. The summed E-state index contributed by atoms with van der Waals surface area (Å²) in [5.41, 5.74) is 4.76. The fourth-order valence-corrected chi connectivity index (χ4v) is 4.71. The van der Waals surface area contributed by atoms with Gasteiger partial charge in [0.25, 0.3) is 0 Å². The molecule has 0 aliphatic heterocycles. The Hall–Kier alpha value is -2.04. The predicted molar refractivity (Wildman–Crippen MR) is 112 cm³/mol. The molecule has 1 heterocycles. The quantitative estimate of drug-likeness (QED) is 0.438. The van der Waals surface area contributed by atoms with Crippen molar-refractivity contribution in [1.82, 2.24) is 9.55 Å². The van der Waals surface area contributed by atoms with Crippen LogP contribution in [0.1, 0.15) is 28.8 Å². The largest absolute Gasteiger partial charge is 0.348 e. The first-order chi connectivity index (χ1) is 13.2. The number of benzene rings is 2. The van der Waals surface area contributed by atoms with Gasteiger partial charge in [-0.1, -0.05) is 54.1 Å². The third-order valence-electron chi connectivity index (χ3n) is 4.96. The highest BCUT2D eigenvalue weighted by Crippen LogP contribution is 2.31. The maximum atomic E-state index is 12.7. The first-order valence-corrected chi connectivity index (χ1v) is 10.6. The summed E-state index contributed by atoms with van der Waals surface area (Å²) in [7, 11) is 0. The van der Waals surface area contributed by atoms with Crippen LogP contribution in [0.2, 0.25) is 5.02 Å². The van der Waals surface area contributed by atoms with E-state index in [4.69, 9.17) is 11.6 Å². The van der Waals surface area contributed by atoms with Crippen LogP contribution < -0.4 is 5.69 Å². The van der Waals surface area contributed by atoms with Gasteiger partial charge in [-0.15, -0.1) is 11.8 Å². The summed E-state index contributed by atoms with van der Waals surface area (Å²) in [4.78, 5) is 17.1. The molecule has 0 saturated carbocycles. The summed E-state index contributed by atoms with van der Waals surface area (Å²) in [6.07, 6.45) is 3.93. The lowest BCUT2D eigenvalue weighted by Crippen LogP contribution is -2.28. The van der Waals surface area contributed by atoms with E-state index >= 15 is 0 Å². The Morgan fingerprint density at radius 1 is 1.00 bits per heavy atom. The highest BCUT2D eigenvalue weighted by atomic mass is 35.5. The minimum Gasteiger partial charge on any atom is -0.296 e. The third-order valence-corrected chi connectivity index (χ3v) is 6.30. The van der Waals surface area contributed by atoms with Gasteiger partial charge in [0.1, 0.15) is 5.03 Å². The molecular formula is C22H21ClN2OS. The maximum Gasteiger partial charge on any atom is 0.348 e. The zero-order valence-corrected chi connectivity index (χ0v) is 16.6. The number of hydrogen-bond donors (Lipinski definition) is 0. The van der Waals surface area contributed by atoms with E-state index in [9.17, 15) is 4.79 Å². The monoisotopic (exact) mass is 396 g/mol. The summed E-state index contributed by atoms with van der Waals surface area (Å²) in [6, 6.07) is 18.2. The Kier molecular flexibility index (Phi) is 5.65. The van der Waals surface area contributed by atoms with Crippen molar-refractivity contribution >= 4 is 23.4 Å². The number of rotatable bonds is 6. The summed E-state index contributed by atoms with van der Waals surface area (Å²) in [6.45, 7) is 0.695. The minimum atomic E-state index is -0.120. The van der Waals surface area contributed by atoms with E-state index in [0.717, 1.165) is 41.5 Å². The Labute approximate surface area is 168 Å². The lowest BCUT2D eigenvalue weighted by Gasteiger charge is -2.14. The fourth-order valence-electron chi connectivity index (χ4n) is 3.55. The second-order valence-corrected chi connectivity index (χ2v) is 8.18. The number of nitrogens with zero attached hydrogens (tertiary/aromatic N) is 2. The van der Waals surface area contributed by atoms with Crippen molar-refractivity contribution in [3.05, 3.63) is 92.5 Å². The van der Waals surface area contributed by atoms with Gasteiger partial charge in [-0.3, -0.25) is 4.57 Å². The molecule has 0 N–H and O–H groups in total. The van der Waals surface area contributed by atoms with Crippen molar-refractivity contribution in [1.29, 1.82) is 0 Å². The minimum absolute atomic E-state index is 0.120. The van der Waals surface area contributed by atoms with Crippen molar-refractivity contribution in [2.45, 2.75) is 43.0 Å². The van der Waals surface area contributed by atoms with E-state index in [1.807, 2.05) is 47.0 Å². The van der Waals surface area contributed by atoms with E-state index < -0.39 is 0 Å². The molecule has 5 heteroatoms. The molecule has 1 aromatic heterocycles. The average molecular weight is 397 g/mol. The highest BCUT2D eigenvalue weighted by Gasteiger charge is 2.21. The van der Waals surface area contributed by atoms with Gasteiger partial charge in [0.15, 0.2) is 0 Å². The molecule has 0 radical (unpaired) electrons. The molecule has 0 unspecified atom stereocenters. The van der Waals surface area contributed by atoms with E-state index in [2.05, 4.69) is 17.1 Å². The molecule has 138 valence electrons. The third kappa shape index (κ3) is 4.28. The van der Waals surface area contributed by atoms with Gasteiger partial charge < -0.3 is 0 Å². The standard InChI is InChI=1S/C22H21ClN2OS/c23-18-11-9-17(10-12-18)15-27-21-19-7-4-8-20(19)25(22(26)24-21)14-13-16-5-2-1-3-6-16/h1-3,5-6,9-12H,4,7-8,13-15H2. The molecule has 0 atom stereocenters. The number of aromatic nitrogens is 2. The van der Waals surface area contributed by atoms with Crippen LogP contribution in [0, 0.1) is 0 Å². The highest BCUT2D eigenvalue weighted by molar-refractivity contribution is 7.98. The Balaban J connectivity index is 1.54. The molecule has 3 nitrogen and oxygen atoms in total. The number of thioether (sulfide) groups is 1. The first kappa shape index (κ1) is 18.3. The summed E-state index contributed by atoms with van der Waals surface area (Å²) >= 11 is 7.61. The zero-order chi connectivity index (χ0) is 18.6. The molecule has 27 heavy (non-hydrogen) atoms. The molecule has 4 rings (SSSR count). The van der Waals surface area contributed by atoms with Crippen LogP contribution >= 0.6 is 23.4 Å². The Bertz CT molecular complexity index is 984. The Morgan fingerprint density at radius 3 is 2.56 bits per heavy atom. The molecule has 0 spiro atoms. The lowest BCUT2D eigenvalue weighted by atomic mass is 10.1. The average Bonchev–Trinajstić information content (AvgIpc) is 3.17. The second kappa shape index (κ2) is 8.32. The molecule has 3 aromatic rings. The van der Waals surface area contributed by atoms with Crippen molar-refractivity contribution in [2.75, 3.05) is 0 Å². The van der Waals surface area contributed by atoms with Gasteiger partial charge in [0, 0.05) is 28.6 Å². The van der Waals surface area contributed by atoms with Crippen molar-refractivity contribution in [3.63, 3.8) is 0 Å². The van der Waals surface area contributed by atoms with Gasteiger partial charge in [0.05, 0.1) is 0 Å². The molecule has 0 bridgehead atoms. The van der Waals surface area contributed by atoms with E-state index in [-0.39, 0.29) is 5.69 Å². The van der Waals surface area contributed by atoms with E-state index in [0.29, 0.717) is 6.54 Å². The van der Waals surface area contributed by atoms with Crippen LogP contribution in [0.25, 0.3) is 0 Å². The molecule has 1 aliphatic carbocycles. The first-order valence-electron chi connectivity index (χ1n) is 9.24. The molecule has 2 aromatic carbocycles.